The summed E-state index contributed by atoms with van der Waals surface area (Å²) in [5, 5.41) is 14.9. The molecule has 1 saturated heterocycles. The molecule has 1 fully saturated rings. The highest BCUT2D eigenvalue weighted by molar-refractivity contribution is 5.92. The minimum absolute atomic E-state index is 0.124. The number of carbonyl (C=O) groups excluding carboxylic acids is 1. The number of hydrogen-bond acceptors (Lipinski definition) is 4. The van der Waals surface area contributed by atoms with Crippen LogP contribution in [0, 0.1) is 11.3 Å². The van der Waals surface area contributed by atoms with Crippen LogP contribution in [0.4, 0.5) is 5.69 Å². The summed E-state index contributed by atoms with van der Waals surface area (Å²) in [5.41, 5.74) is 0.675. The van der Waals surface area contributed by atoms with Gasteiger partial charge in [0.15, 0.2) is 0 Å². The van der Waals surface area contributed by atoms with Crippen LogP contribution in [0.15, 0.2) is 24.3 Å². The van der Waals surface area contributed by atoms with E-state index in [0.717, 1.165) is 6.42 Å². The van der Waals surface area contributed by atoms with Crippen molar-refractivity contribution in [1.82, 2.24) is 5.32 Å². The van der Waals surface area contributed by atoms with Gasteiger partial charge >= 0.3 is 0 Å². The lowest BCUT2D eigenvalue weighted by Crippen LogP contribution is -2.46. The Balaban J connectivity index is 1.89. The maximum absolute atomic E-state index is 12.0. The highest BCUT2D eigenvalue weighted by Gasteiger charge is 2.45. The summed E-state index contributed by atoms with van der Waals surface area (Å²) < 4.78 is 6.00. The number of hydrogen-bond donors (Lipinski definition) is 2. The van der Waals surface area contributed by atoms with E-state index < -0.39 is 0 Å². The monoisotopic (exact) mass is 301 g/mol. The van der Waals surface area contributed by atoms with Crippen molar-refractivity contribution in [2.24, 2.45) is 0 Å². The largest absolute Gasteiger partial charge is 0.368 e. The van der Waals surface area contributed by atoms with Crippen molar-refractivity contribution in [3.8, 4) is 6.07 Å². The summed E-state index contributed by atoms with van der Waals surface area (Å²) in [4.78, 5) is 12.0. The quantitative estimate of drug-likeness (QED) is 0.895. The van der Waals surface area contributed by atoms with Crippen LogP contribution in [-0.4, -0.2) is 29.7 Å². The molecule has 0 unspecified atom stereocenters. The maximum atomic E-state index is 12.0. The minimum Gasteiger partial charge on any atom is -0.368 e. The molecule has 1 aromatic rings. The van der Waals surface area contributed by atoms with Crippen molar-refractivity contribution >= 4 is 11.6 Å². The summed E-state index contributed by atoms with van der Waals surface area (Å²) in [7, 11) is 0. The van der Waals surface area contributed by atoms with E-state index in [1.54, 1.807) is 24.3 Å². The molecule has 5 heteroatoms. The standard InChI is InChI=1S/C17H23N3O2/c1-16(2)9-14(17(3,4)22-16)19-11-15(21)20-13-7-5-6-12(8-13)10-18/h5-8,14,19H,9,11H2,1-4H3,(H,20,21)/t14-/m1/s1. The zero-order chi connectivity index (χ0) is 16.4. The van der Waals surface area contributed by atoms with Gasteiger partial charge in [-0.2, -0.15) is 5.26 Å². The lowest BCUT2D eigenvalue weighted by atomic mass is 9.94. The molecule has 0 bridgehead atoms. The lowest BCUT2D eigenvalue weighted by Gasteiger charge is -2.27. The molecular weight excluding hydrogens is 278 g/mol. The molecule has 0 aliphatic carbocycles. The van der Waals surface area contributed by atoms with E-state index in [-0.39, 0.29) is 29.7 Å². The first kappa shape index (κ1) is 16.5. The van der Waals surface area contributed by atoms with E-state index in [2.05, 4.69) is 30.6 Å². The third-order valence-electron chi connectivity index (χ3n) is 3.86. The lowest BCUT2D eigenvalue weighted by molar-refractivity contribution is -0.115. The van der Waals surface area contributed by atoms with Gasteiger partial charge in [-0.1, -0.05) is 6.07 Å². The molecule has 0 radical (unpaired) electrons. The first-order valence-corrected chi connectivity index (χ1v) is 7.45. The van der Waals surface area contributed by atoms with Crippen molar-refractivity contribution in [2.75, 3.05) is 11.9 Å². The molecule has 2 N–H and O–H groups in total. The van der Waals surface area contributed by atoms with Gasteiger partial charge in [-0.25, -0.2) is 0 Å². The Bertz CT molecular complexity index is 602. The molecule has 1 atom stereocenters. The second-order valence-corrected chi connectivity index (χ2v) is 6.84. The van der Waals surface area contributed by atoms with E-state index in [4.69, 9.17) is 10.00 Å². The Labute approximate surface area is 131 Å². The molecule has 1 aliphatic heterocycles. The summed E-state index contributed by atoms with van der Waals surface area (Å²) in [5.74, 6) is -0.129. The van der Waals surface area contributed by atoms with Crippen molar-refractivity contribution in [1.29, 1.82) is 5.26 Å². The Morgan fingerprint density at radius 1 is 1.41 bits per heavy atom. The molecule has 1 aromatic carbocycles. The summed E-state index contributed by atoms with van der Waals surface area (Å²) >= 11 is 0. The van der Waals surface area contributed by atoms with Crippen molar-refractivity contribution < 1.29 is 9.53 Å². The molecule has 22 heavy (non-hydrogen) atoms. The molecule has 0 aromatic heterocycles. The highest BCUT2D eigenvalue weighted by atomic mass is 16.5. The molecule has 0 saturated carbocycles. The minimum atomic E-state index is -0.301. The van der Waals surface area contributed by atoms with Crippen LogP contribution in [0.5, 0.6) is 0 Å². The molecule has 0 spiro atoms. The zero-order valence-corrected chi connectivity index (χ0v) is 13.6. The van der Waals surface area contributed by atoms with Gasteiger partial charge in [0.05, 0.1) is 29.4 Å². The first-order chi connectivity index (χ1) is 10.2. The molecule has 118 valence electrons. The van der Waals surface area contributed by atoms with E-state index in [1.807, 2.05) is 13.8 Å². The number of nitrogens with zero attached hydrogens (tertiary/aromatic N) is 1. The Kier molecular flexibility index (Phi) is 4.55. The average Bonchev–Trinajstić information content (AvgIpc) is 2.64. The maximum Gasteiger partial charge on any atom is 0.238 e. The van der Waals surface area contributed by atoms with Gasteiger partial charge in [0.25, 0.3) is 0 Å². The molecule has 1 aliphatic rings. The molecule has 5 nitrogen and oxygen atoms in total. The van der Waals surface area contributed by atoms with Crippen LogP contribution >= 0.6 is 0 Å². The highest BCUT2D eigenvalue weighted by Crippen LogP contribution is 2.37. The SMILES string of the molecule is CC1(C)C[C@@H](NCC(=O)Nc2cccc(C#N)c2)C(C)(C)O1. The summed E-state index contributed by atoms with van der Waals surface area (Å²) in [6.07, 6.45) is 0.858. The second kappa shape index (κ2) is 6.07. The number of rotatable bonds is 4. The smallest absolute Gasteiger partial charge is 0.238 e. The third kappa shape index (κ3) is 4.06. The predicted molar refractivity (Wildman–Crippen MR) is 85.4 cm³/mol. The zero-order valence-electron chi connectivity index (χ0n) is 13.6. The van der Waals surface area contributed by atoms with Gasteiger partial charge in [0, 0.05) is 11.7 Å². The molecule has 1 amide bonds. The molecular formula is C17H23N3O2. The van der Waals surface area contributed by atoms with Crippen molar-refractivity contribution in [3.63, 3.8) is 0 Å². The molecule has 2 rings (SSSR count). The summed E-state index contributed by atoms with van der Waals surface area (Å²) in [6.45, 7) is 8.40. The summed E-state index contributed by atoms with van der Waals surface area (Å²) in [6, 6.07) is 9.05. The number of amides is 1. The van der Waals surface area contributed by atoms with E-state index in [0.29, 0.717) is 11.3 Å². The van der Waals surface area contributed by atoms with Crippen molar-refractivity contribution in [2.45, 2.75) is 51.4 Å². The topological polar surface area (TPSA) is 74.2 Å². The van der Waals surface area contributed by atoms with E-state index in [1.165, 1.54) is 0 Å². The fraction of sp³-hybridized carbons (Fsp3) is 0.529. The Hall–Kier alpha value is -1.90. The van der Waals surface area contributed by atoms with Crippen LogP contribution in [0.3, 0.4) is 0 Å². The first-order valence-electron chi connectivity index (χ1n) is 7.45. The Morgan fingerprint density at radius 2 is 2.14 bits per heavy atom. The fourth-order valence-electron chi connectivity index (χ4n) is 2.97. The van der Waals surface area contributed by atoms with Crippen LogP contribution in [0.1, 0.15) is 39.7 Å². The van der Waals surface area contributed by atoms with E-state index >= 15 is 0 Å². The van der Waals surface area contributed by atoms with Crippen molar-refractivity contribution in [3.05, 3.63) is 29.8 Å². The fourth-order valence-corrected chi connectivity index (χ4v) is 2.97. The van der Waals surface area contributed by atoms with Gasteiger partial charge in [-0.3, -0.25) is 4.79 Å². The Morgan fingerprint density at radius 3 is 2.73 bits per heavy atom. The number of benzene rings is 1. The van der Waals surface area contributed by atoms with E-state index in [9.17, 15) is 4.79 Å². The predicted octanol–water partition coefficient (Wildman–Crippen LogP) is 2.43. The van der Waals surface area contributed by atoms with Crippen LogP contribution in [0.25, 0.3) is 0 Å². The van der Waals surface area contributed by atoms with Gasteiger partial charge in [0.2, 0.25) is 5.91 Å². The number of anilines is 1. The van der Waals surface area contributed by atoms with Gasteiger partial charge < -0.3 is 15.4 Å². The number of ether oxygens (including phenoxy) is 1. The third-order valence-corrected chi connectivity index (χ3v) is 3.86. The normalized spacial score (nSPS) is 22.0. The van der Waals surface area contributed by atoms with Gasteiger partial charge in [-0.05, 0) is 52.3 Å². The van der Waals surface area contributed by atoms with Crippen LogP contribution in [0.2, 0.25) is 0 Å². The van der Waals surface area contributed by atoms with Crippen LogP contribution < -0.4 is 10.6 Å². The van der Waals surface area contributed by atoms with Crippen LogP contribution in [-0.2, 0) is 9.53 Å². The second-order valence-electron chi connectivity index (χ2n) is 6.84. The number of carbonyl (C=O) groups is 1. The number of nitriles is 1. The molecule has 1 heterocycles. The average molecular weight is 301 g/mol. The van der Waals surface area contributed by atoms with Gasteiger partial charge in [0.1, 0.15) is 0 Å². The van der Waals surface area contributed by atoms with Gasteiger partial charge in [-0.15, -0.1) is 0 Å². The number of nitrogens with one attached hydrogen (secondary N) is 2.